The Hall–Kier alpha value is -1.97. The van der Waals surface area contributed by atoms with Gasteiger partial charge in [0, 0.05) is 12.1 Å². The van der Waals surface area contributed by atoms with E-state index in [0.717, 1.165) is 25.1 Å². The second-order valence-corrected chi connectivity index (χ2v) is 9.14. The molecule has 156 valence electrons. The number of nitrogens with one attached hydrogen (secondary N) is 1. The molecule has 0 saturated carbocycles. The highest BCUT2D eigenvalue weighted by Gasteiger charge is 2.26. The molecule has 2 nitrogen and oxygen atoms in total. The van der Waals surface area contributed by atoms with Crippen molar-refractivity contribution in [3.05, 3.63) is 77.4 Å². The lowest BCUT2D eigenvalue weighted by Gasteiger charge is -2.26. The largest absolute Gasteiger partial charge is 0.380 e. The highest BCUT2D eigenvalue weighted by molar-refractivity contribution is 8.02. The Bertz CT molecular complexity index is 862. The van der Waals surface area contributed by atoms with E-state index in [-0.39, 0.29) is 5.41 Å². The number of hydrogen-bond acceptors (Lipinski definition) is 2. The summed E-state index contributed by atoms with van der Waals surface area (Å²) in [5.41, 5.74) is 2.84. The van der Waals surface area contributed by atoms with Crippen LogP contribution in [0.5, 0.6) is 0 Å². The Morgan fingerprint density at radius 3 is 2.59 bits per heavy atom. The number of nitrogens with two attached hydrogens (primary N) is 1. The highest BCUT2D eigenvalue weighted by Crippen LogP contribution is 2.37. The van der Waals surface area contributed by atoms with Crippen LogP contribution in [0.3, 0.4) is 0 Å². The van der Waals surface area contributed by atoms with Crippen molar-refractivity contribution in [2.45, 2.75) is 46.0 Å². The maximum Gasteiger partial charge on any atom is 0.133 e. The van der Waals surface area contributed by atoms with E-state index < -0.39 is 0 Å². The summed E-state index contributed by atoms with van der Waals surface area (Å²) in [4.78, 5) is 0. The summed E-state index contributed by atoms with van der Waals surface area (Å²) in [6.07, 6.45) is 13.0. The van der Waals surface area contributed by atoms with E-state index in [1.807, 2.05) is 11.8 Å². The number of fused-ring (bicyclic) bond motifs is 1. The van der Waals surface area contributed by atoms with E-state index in [9.17, 15) is 0 Å². The Labute approximate surface area is 181 Å². The van der Waals surface area contributed by atoms with Gasteiger partial charge in [0.15, 0.2) is 0 Å². The molecule has 2 aromatic rings. The van der Waals surface area contributed by atoms with E-state index in [2.05, 4.69) is 112 Å². The smallest absolute Gasteiger partial charge is 0.133 e. The molecule has 0 atom stereocenters. The summed E-state index contributed by atoms with van der Waals surface area (Å²) in [6.45, 7) is 10.1. The Kier molecular flexibility index (Phi) is 9.56. The molecule has 0 radical (unpaired) electrons. The number of thioether (sulfide) groups is 1. The van der Waals surface area contributed by atoms with Crippen LogP contribution >= 0.6 is 11.8 Å². The molecule has 3 heteroatoms. The monoisotopic (exact) mass is 409 g/mol. The third kappa shape index (κ3) is 6.80. The average Bonchev–Trinajstić information content (AvgIpc) is 2.73. The van der Waals surface area contributed by atoms with Crippen molar-refractivity contribution in [2.75, 3.05) is 19.3 Å². The summed E-state index contributed by atoms with van der Waals surface area (Å²) in [7, 11) is 2.13. The van der Waals surface area contributed by atoms with Crippen LogP contribution in [0.15, 0.2) is 71.8 Å². The van der Waals surface area contributed by atoms with E-state index in [1.54, 1.807) is 0 Å². The van der Waals surface area contributed by atoms with Crippen molar-refractivity contribution in [3.63, 3.8) is 0 Å². The minimum Gasteiger partial charge on any atom is -0.380 e. The van der Waals surface area contributed by atoms with Crippen molar-refractivity contribution in [3.8, 4) is 0 Å². The molecule has 0 amide bonds. The van der Waals surface area contributed by atoms with Crippen LogP contribution in [0.4, 0.5) is 5.69 Å². The van der Waals surface area contributed by atoms with E-state index in [1.165, 1.54) is 27.1 Å². The maximum atomic E-state index is 3.48. The van der Waals surface area contributed by atoms with Gasteiger partial charge in [-0.05, 0) is 53.0 Å². The zero-order valence-corrected chi connectivity index (χ0v) is 19.5. The van der Waals surface area contributed by atoms with Crippen LogP contribution in [0, 0.1) is 0 Å². The molecule has 2 aromatic carbocycles. The summed E-state index contributed by atoms with van der Waals surface area (Å²) < 4.78 is 0. The van der Waals surface area contributed by atoms with Gasteiger partial charge in [-0.15, -0.1) is 11.8 Å². The fraction of sp³-hybridized carbons (Fsp3) is 0.385. The molecule has 0 bridgehead atoms. The topological polar surface area (TPSA) is 28.6 Å². The van der Waals surface area contributed by atoms with Crippen LogP contribution in [-0.4, -0.2) is 19.3 Å². The molecule has 0 fully saturated rings. The molecule has 0 aliphatic rings. The molecule has 0 heterocycles. The van der Waals surface area contributed by atoms with Crippen LogP contribution in [0.2, 0.25) is 0 Å². The molecule has 0 aliphatic carbocycles. The van der Waals surface area contributed by atoms with Crippen molar-refractivity contribution >= 4 is 28.2 Å². The zero-order valence-electron chi connectivity index (χ0n) is 18.7. The van der Waals surface area contributed by atoms with Crippen LogP contribution < -0.4 is 10.6 Å². The highest BCUT2D eigenvalue weighted by atomic mass is 32.2. The first-order valence-corrected chi connectivity index (χ1v) is 11.7. The zero-order chi connectivity index (χ0) is 21.1. The minimum absolute atomic E-state index is 0.0643. The fourth-order valence-corrected chi connectivity index (χ4v) is 4.29. The maximum absolute atomic E-state index is 3.48. The first-order valence-electron chi connectivity index (χ1n) is 10.7. The molecule has 29 heavy (non-hydrogen) atoms. The van der Waals surface area contributed by atoms with Gasteiger partial charge >= 0.3 is 0 Å². The van der Waals surface area contributed by atoms with Crippen molar-refractivity contribution in [2.24, 2.45) is 0 Å². The molecule has 0 spiro atoms. The van der Waals surface area contributed by atoms with E-state index >= 15 is 0 Å². The minimum atomic E-state index is 0.0643. The van der Waals surface area contributed by atoms with Crippen LogP contribution in [-0.2, 0) is 5.41 Å². The normalized spacial score (nSPS) is 13.1. The summed E-state index contributed by atoms with van der Waals surface area (Å²) >= 11 is 1.86. The second-order valence-electron chi connectivity index (χ2n) is 7.83. The van der Waals surface area contributed by atoms with Gasteiger partial charge in [0.05, 0.1) is 12.1 Å². The Morgan fingerprint density at radius 2 is 1.86 bits per heavy atom. The number of quaternary nitrogens is 1. The van der Waals surface area contributed by atoms with E-state index in [4.69, 9.17) is 0 Å². The van der Waals surface area contributed by atoms with E-state index in [0.29, 0.717) is 0 Å². The van der Waals surface area contributed by atoms with Crippen LogP contribution in [0.25, 0.3) is 10.8 Å². The summed E-state index contributed by atoms with van der Waals surface area (Å²) in [5, 5.41) is 9.64. The third-order valence-electron chi connectivity index (χ3n) is 5.03. The van der Waals surface area contributed by atoms with Gasteiger partial charge in [-0.3, -0.25) is 0 Å². The predicted molar refractivity (Wildman–Crippen MR) is 132 cm³/mol. The number of allylic oxidation sites excluding steroid dienone is 5. The van der Waals surface area contributed by atoms with Gasteiger partial charge in [-0.25, -0.2) is 0 Å². The standard InChI is InChI=1S/C26H36N2S/c1-6-20-28-24(29-7-2)16-10-8-9-13-19-26(3,4)25-22-15-12-11-14-21(22)17-18-23(25)27-5/h8-18,27-28H,6-7,19-20H2,1-5H3/p+1/b10-8+,13-9+,24-16-. The quantitative estimate of drug-likeness (QED) is 0.350. The van der Waals surface area contributed by atoms with Gasteiger partial charge in [0.1, 0.15) is 5.69 Å². The molecule has 0 aromatic heterocycles. The first kappa shape index (κ1) is 23.3. The van der Waals surface area contributed by atoms with Gasteiger partial charge in [0.25, 0.3) is 0 Å². The first-order chi connectivity index (χ1) is 14.0. The van der Waals surface area contributed by atoms with Gasteiger partial charge in [-0.1, -0.05) is 76.3 Å². The molecule has 0 aliphatic heterocycles. The lowest BCUT2D eigenvalue weighted by Crippen LogP contribution is -2.73. The van der Waals surface area contributed by atoms with Crippen molar-refractivity contribution in [1.82, 2.24) is 5.32 Å². The second kappa shape index (κ2) is 11.9. The molecule has 2 rings (SSSR count). The molecular weight excluding hydrogens is 372 g/mol. The number of hydrogen-bond donors (Lipinski definition) is 2. The third-order valence-corrected chi connectivity index (χ3v) is 5.91. The van der Waals surface area contributed by atoms with Gasteiger partial charge in [-0.2, -0.15) is 0 Å². The van der Waals surface area contributed by atoms with Crippen molar-refractivity contribution < 1.29 is 5.32 Å². The number of benzene rings is 2. The number of rotatable bonds is 11. The predicted octanol–water partition coefficient (Wildman–Crippen LogP) is 6.04. The average molecular weight is 410 g/mol. The molecule has 3 N–H and O–H groups in total. The lowest BCUT2D eigenvalue weighted by molar-refractivity contribution is -0.540. The summed E-state index contributed by atoms with van der Waals surface area (Å²) in [6, 6.07) is 13.2. The SMILES string of the molecule is CCCN/C(=C/C=C/C=C/CC(C)(C)c1c([NH2+]C)ccc2ccccc12)SCC. The van der Waals surface area contributed by atoms with Crippen molar-refractivity contribution in [1.29, 1.82) is 0 Å². The van der Waals surface area contributed by atoms with Gasteiger partial charge in [0.2, 0.25) is 0 Å². The van der Waals surface area contributed by atoms with Gasteiger partial charge < -0.3 is 10.6 Å². The molecular formula is C26H37N2S+. The summed E-state index contributed by atoms with van der Waals surface area (Å²) in [5.74, 6) is 1.09. The Morgan fingerprint density at radius 1 is 1.07 bits per heavy atom. The fourth-order valence-electron chi connectivity index (χ4n) is 3.60. The molecule has 0 saturated heterocycles. The van der Waals surface area contributed by atoms with Crippen LogP contribution in [0.1, 0.15) is 46.1 Å². The lowest BCUT2D eigenvalue weighted by atomic mass is 9.78. The Balaban J connectivity index is 2.13. The molecule has 0 unspecified atom stereocenters.